The lowest BCUT2D eigenvalue weighted by atomic mass is 10.2. The SMILES string of the molecule is Cl.Cl.Clc1ccc(-c2csc(CN3CCNCC3)n2)cc1. The molecule has 0 atom stereocenters. The van der Waals surface area contributed by atoms with E-state index in [1.54, 1.807) is 11.3 Å². The third-order valence-electron chi connectivity index (χ3n) is 3.26. The highest BCUT2D eigenvalue weighted by atomic mass is 35.5. The van der Waals surface area contributed by atoms with E-state index < -0.39 is 0 Å². The fourth-order valence-electron chi connectivity index (χ4n) is 2.20. The Labute approximate surface area is 146 Å². The molecular weight excluding hydrogens is 349 g/mol. The number of nitrogens with zero attached hydrogens (tertiary/aromatic N) is 2. The fourth-order valence-corrected chi connectivity index (χ4v) is 3.17. The average molecular weight is 367 g/mol. The van der Waals surface area contributed by atoms with E-state index in [1.807, 2.05) is 24.3 Å². The van der Waals surface area contributed by atoms with Gasteiger partial charge in [-0.15, -0.1) is 36.2 Å². The molecule has 1 saturated heterocycles. The van der Waals surface area contributed by atoms with Gasteiger partial charge in [0.25, 0.3) is 0 Å². The first-order valence-corrected chi connectivity index (χ1v) is 7.70. The zero-order chi connectivity index (χ0) is 13.1. The molecule has 7 heteroatoms. The van der Waals surface area contributed by atoms with Crippen LogP contribution in [0.3, 0.4) is 0 Å². The van der Waals surface area contributed by atoms with Crippen molar-refractivity contribution in [1.82, 2.24) is 15.2 Å². The Morgan fingerprint density at radius 3 is 2.48 bits per heavy atom. The molecule has 21 heavy (non-hydrogen) atoms. The van der Waals surface area contributed by atoms with Crippen LogP contribution in [0.2, 0.25) is 5.02 Å². The van der Waals surface area contributed by atoms with Gasteiger partial charge in [0.2, 0.25) is 0 Å². The van der Waals surface area contributed by atoms with Crippen LogP contribution in [0.5, 0.6) is 0 Å². The van der Waals surface area contributed by atoms with Crippen LogP contribution in [0.1, 0.15) is 5.01 Å². The molecule has 0 unspecified atom stereocenters. The minimum absolute atomic E-state index is 0. The van der Waals surface area contributed by atoms with Gasteiger partial charge in [0, 0.05) is 42.1 Å². The van der Waals surface area contributed by atoms with Gasteiger partial charge in [-0.25, -0.2) is 4.98 Å². The van der Waals surface area contributed by atoms with Gasteiger partial charge in [0.05, 0.1) is 12.2 Å². The largest absolute Gasteiger partial charge is 0.314 e. The van der Waals surface area contributed by atoms with Crippen LogP contribution in [0, 0.1) is 0 Å². The van der Waals surface area contributed by atoms with Crippen LogP contribution >= 0.6 is 47.8 Å². The number of thiazole rings is 1. The van der Waals surface area contributed by atoms with Gasteiger partial charge in [0.1, 0.15) is 5.01 Å². The molecule has 2 aromatic rings. The topological polar surface area (TPSA) is 28.2 Å². The third kappa shape index (κ3) is 5.09. The van der Waals surface area contributed by atoms with E-state index in [0.29, 0.717) is 0 Å². The smallest absolute Gasteiger partial charge is 0.107 e. The molecule has 116 valence electrons. The first-order chi connectivity index (χ1) is 9.31. The monoisotopic (exact) mass is 365 g/mol. The lowest BCUT2D eigenvalue weighted by molar-refractivity contribution is 0.233. The molecule has 1 N–H and O–H groups in total. The number of rotatable bonds is 3. The lowest BCUT2D eigenvalue weighted by Gasteiger charge is -2.26. The number of halogens is 3. The Bertz CT molecular complexity index is 539. The van der Waals surface area contributed by atoms with E-state index >= 15 is 0 Å². The molecular formula is C14H18Cl3N3S. The van der Waals surface area contributed by atoms with E-state index in [2.05, 4.69) is 15.6 Å². The maximum atomic E-state index is 5.90. The van der Waals surface area contributed by atoms with Crippen molar-refractivity contribution in [2.75, 3.05) is 26.2 Å². The summed E-state index contributed by atoms with van der Waals surface area (Å²) in [5, 5.41) is 7.44. The zero-order valence-electron chi connectivity index (χ0n) is 11.4. The second-order valence-corrected chi connectivity index (χ2v) is 6.04. The highest BCUT2D eigenvalue weighted by Gasteiger charge is 2.12. The number of nitrogens with one attached hydrogen (secondary N) is 1. The predicted molar refractivity (Wildman–Crippen MR) is 95.2 cm³/mol. The molecule has 0 amide bonds. The van der Waals surface area contributed by atoms with Crippen molar-refractivity contribution in [2.24, 2.45) is 0 Å². The van der Waals surface area contributed by atoms with Gasteiger partial charge in [-0.2, -0.15) is 0 Å². The Balaban J connectivity index is 0.00000110. The van der Waals surface area contributed by atoms with Crippen LogP contribution in [0.25, 0.3) is 11.3 Å². The zero-order valence-corrected chi connectivity index (χ0v) is 14.6. The normalized spacial score (nSPS) is 15.1. The summed E-state index contributed by atoms with van der Waals surface area (Å²) in [5.41, 5.74) is 2.18. The van der Waals surface area contributed by atoms with Crippen molar-refractivity contribution in [2.45, 2.75) is 6.54 Å². The number of benzene rings is 1. The lowest BCUT2D eigenvalue weighted by Crippen LogP contribution is -2.42. The Kier molecular flexibility index (Phi) is 7.95. The molecule has 2 heterocycles. The van der Waals surface area contributed by atoms with Gasteiger partial charge in [-0.3, -0.25) is 4.90 Å². The van der Waals surface area contributed by atoms with E-state index in [-0.39, 0.29) is 24.8 Å². The maximum Gasteiger partial charge on any atom is 0.107 e. The van der Waals surface area contributed by atoms with Gasteiger partial charge >= 0.3 is 0 Å². The van der Waals surface area contributed by atoms with E-state index in [9.17, 15) is 0 Å². The number of hydrogen-bond acceptors (Lipinski definition) is 4. The van der Waals surface area contributed by atoms with Crippen LogP contribution in [-0.2, 0) is 6.54 Å². The summed E-state index contributed by atoms with van der Waals surface area (Å²) in [7, 11) is 0. The molecule has 3 nitrogen and oxygen atoms in total. The molecule has 1 aromatic heterocycles. The average Bonchev–Trinajstić information content (AvgIpc) is 2.89. The Hall–Kier alpha value is -0.360. The van der Waals surface area contributed by atoms with Gasteiger partial charge in [0.15, 0.2) is 0 Å². The first-order valence-electron chi connectivity index (χ1n) is 6.45. The highest BCUT2D eigenvalue weighted by molar-refractivity contribution is 7.09. The van der Waals surface area contributed by atoms with E-state index in [0.717, 1.165) is 49.0 Å². The molecule has 0 aliphatic carbocycles. The van der Waals surface area contributed by atoms with Crippen LogP contribution in [0.15, 0.2) is 29.6 Å². The van der Waals surface area contributed by atoms with Crippen molar-refractivity contribution in [1.29, 1.82) is 0 Å². The summed E-state index contributed by atoms with van der Waals surface area (Å²) in [6, 6.07) is 7.86. The second kappa shape index (κ2) is 8.93. The molecule has 1 fully saturated rings. The number of piperazine rings is 1. The van der Waals surface area contributed by atoms with E-state index in [4.69, 9.17) is 16.6 Å². The molecule has 1 aliphatic rings. The molecule has 3 rings (SSSR count). The van der Waals surface area contributed by atoms with Crippen LogP contribution in [-0.4, -0.2) is 36.1 Å². The molecule has 0 radical (unpaired) electrons. The van der Waals surface area contributed by atoms with Gasteiger partial charge < -0.3 is 5.32 Å². The minimum atomic E-state index is 0. The summed E-state index contributed by atoms with van der Waals surface area (Å²) >= 11 is 7.64. The van der Waals surface area contributed by atoms with Crippen LogP contribution < -0.4 is 5.32 Å². The van der Waals surface area contributed by atoms with Crippen molar-refractivity contribution in [3.63, 3.8) is 0 Å². The summed E-state index contributed by atoms with van der Waals surface area (Å²) in [5.74, 6) is 0. The highest BCUT2D eigenvalue weighted by Crippen LogP contribution is 2.24. The van der Waals surface area contributed by atoms with Crippen molar-refractivity contribution in [3.8, 4) is 11.3 Å². The minimum Gasteiger partial charge on any atom is -0.314 e. The van der Waals surface area contributed by atoms with Gasteiger partial charge in [-0.1, -0.05) is 23.7 Å². The van der Waals surface area contributed by atoms with Crippen molar-refractivity contribution in [3.05, 3.63) is 39.7 Å². The quantitative estimate of drug-likeness (QED) is 0.897. The molecule has 0 spiro atoms. The Morgan fingerprint density at radius 1 is 1.14 bits per heavy atom. The third-order valence-corrected chi connectivity index (χ3v) is 4.35. The van der Waals surface area contributed by atoms with Crippen molar-refractivity contribution < 1.29 is 0 Å². The molecule has 1 aliphatic heterocycles. The van der Waals surface area contributed by atoms with Crippen molar-refractivity contribution >= 4 is 47.8 Å². The summed E-state index contributed by atoms with van der Waals surface area (Å²) < 4.78 is 0. The Morgan fingerprint density at radius 2 is 1.81 bits per heavy atom. The first kappa shape index (κ1) is 18.7. The molecule has 0 saturated carbocycles. The fraction of sp³-hybridized carbons (Fsp3) is 0.357. The standard InChI is InChI=1S/C14H16ClN3S.2ClH/c15-12-3-1-11(2-4-12)13-10-19-14(17-13)9-18-7-5-16-6-8-18;;/h1-4,10,16H,5-9H2;2*1H. The predicted octanol–water partition coefficient (Wildman–Crippen LogP) is 3.71. The molecule has 1 aromatic carbocycles. The van der Waals surface area contributed by atoms with E-state index in [1.165, 1.54) is 5.01 Å². The number of hydrogen-bond donors (Lipinski definition) is 1. The summed E-state index contributed by atoms with van der Waals surface area (Å²) in [4.78, 5) is 7.16. The second-order valence-electron chi connectivity index (χ2n) is 4.66. The van der Waals surface area contributed by atoms with Crippen LogP contribution in [0.4, 0.5) is 0 Å². The van der Waals surface area contributed by atoms with Gasteiger partial charge in [-0.05, 0) is 12.1 Å². The summed E-state index contributed by atoms with van der Waals surface area (Å²) in [6.07, 6.45) is 0. The maximum absolute atomic E-state index is 5.90. The number of aromatic nitrogens is 1. The molecule has 0 bridgehead atoms. The summed E-state index contributed by atoms with van der Waals surface area (Å²) in [6.45, 7) is 5.33.